The van der Waals surface area contributed by atoms with E-state index in [0.717, 1.165) is 18.1 Å². The SMILES string of the molecule is C1CC2NCC3CCCN3C2C1. The summed E-state index contributed by atoms with van der Waals surface area (Å²) in [6.07, 6.45) is 7.21. The Labute approximate surface area is 74.3 Å². The zero-order valence-corrected chi connectivity index (χ0v) is 7.63. The summed E-state index contributed by atoms with van der Waals surface area (Å²) in [6, 6.07) is 2.65. The fourth-order valence-electron chi connectivity index (χ4n) is 3.38. The number of hydrogen-bond donors (Lipinski definition) is 1. The van der Waals surface area contributed by atoms with Crippen LogP contribution in [0.1, 0.15) is 32.1 Å². The molecule has 12 heavy (non-hydrogen) atoms. The van der Waals surface area contributed by atoms with Crippen LogP contribution in [0.5, 0.6) is 0 Å². The first-order valence-electron chi connectivity index (χ1n) is 5.44. The lowest BCUT2D eigenvalue weighted by Gasteiger charge is -2.40. The van der Waals surface area contributed by atoms with Crippen LogP contribution in [0.15, 0.2) is 0 Å². The standard InChI is InChI=1S/C10H18N2/c1-4-9-10(5-1)12-6-2-3-8(12)7-11-9/h8-11H,1-7H2. The van der Waals surface area contributed by atoms with Gasteiger partial charge >= 0.3 is 0 Å². The lowest BCUT2D eigenvalue weighted by molar-refractivity contribution is 0.114. The van der Waals surface area contributed by atoms with Crippen molar-refractivity contribution in [3.63, 3.8) is 0 Å². The van der Waals surface area contributed by atoms with Crippen molar-refractivity contribution in [1.82, 2.24) is 10.2 Å². The van der Waals surface area contributed by atoms with Crippen LogP contribution in [0.4, 0.5) is 0 Å². The minimum absolute atomic E-state index is 0.847. The summed E-state index contributed by atoms with van der Waals surface area (Å²) in [5.41, 5.74) is 0. The highest BCUT2D eigenvalue weighted by atomic mass is 15.3. The minimum Gasteiger partial charge on any atom is -0.311 e. The van der Waals surface area contributed by atoms with Crippen LogP contribution in [0, 0.1) is 0 Å². The number of piperazine rings is 1. The fraction of sp³-hybridized carbons (Fsp3) is 1.00. The van der Waals surface area contributed by atoms with Crippen molar-refractivity contribution < 1.29 is 0 Å². The van der Waals surface area contributed by atoms with Crippen molar-refractivity contribution in [1.29, 1.82) is 0 Å². The molecule has 1 N–H and O–H groups in total. The third-order valence-electron chi connectivity index (χ3n) is 3.94. The van der Waals surface area contributed by atoms with Gasteiger partial charge < -0.3 is 5.32 Å². The molecule has 68 valence electrons. The van der Waals surface area contributed by atoms with E-state index in [1.807, 2.05) is 0 Å². The zero-order valence-electron chi connectivity index (χ0n) is 7.63. The molecule has 0 aromatic heterocycles. The summed E-state index contributed by atoms with van der Waals surface area (Å²) < 4.78 is 0. The molecule has 3 aliphatic rings. The van der Waals surface area contributed by atoms with Gasteiger partial charge in [0.15, 0.2) is 0 Å². The Hall–Kier alpha value is -0.0800. The Balaban J connectivity index is 1.81. The molecule has 1 saturated carbocycles. The van der Waals surface area contributed by atoms with Crippen LogP contribution in [-0.4, -0.2) is 36.1 Å². The maximum Gasteiger partial charge on any atom is 0.0252 e. The van der Waals surface area contributed by atoms with Gasteiger partial charge in [0.1, 0.15) is 0 Å². The van der Waals surface area contributed by atoms with Crippen molar-refractivity contribution in [3.05, 3.63) is 0 Å². The van der Waals surface area contributed by atoms with Crippen LogP contribution in [-0.2, 0) is 0 Å². The van der Waals surface area contributed by atoms with Gasteiger partial charge in [-0.2, -0.15) is 0 Å². The molecular weight excluding hydrogens is 148 g/mol. The minimum atomic E-state index is 0.847. The molecule has 2 saturated heterocycles. The fourth-order valence-corrected chi connectivity index (χ4v) is 3.38. The number of nitrogens with one attached hydrogen (secondary N) is 1. The second-order valence-electron chi connectivity index (χ2n) is 4.55. The highest BCUT2D eigenvalue weighted by Gasteiger charge is 2.41. The normalized spacial score (nSPS) is 47.5. The molecule has 2 nitrogen and oxygen atoms in total. The van der Waals surface area contributed by atoms with Gasteiger partial charge in [0.25, 0.3) is 0 Å². The third kappa shape index (κ3) is 0.944. The van der Waals surface area contributed by atoms with E-state index in [0.29, 0.717) is 0 Å². The van der Waals surface area contributed by atoms with Crippen LogP contribution in [0.2, 0.25) is 0 Å². The lowest BCUT2D eigenvalue weighted by atomic mass is 10.0. The van der Waals surface area contributed by atoms with Gasteiger partial charge in [0.2, 0.25) is 0 Å². The van der Waals surface area contributed by atoms with E-state index < -0.39 is 0 Å². The Bertz CT molecular complexity index is 161. The van der Waals surface area contributed by atoms with Gasteiger partial charge in [-0.3, -0.25) is 4.90 Å². The summed E-state index contributed by atoms with van der Waals surface area (Å²) in [4.78, 5) is 2.79. The number of rotatable bonds is 0. The highest BCUT2D eigenvalue weighted by Crippen LogP contribution is 2.33. The molecule has 0 aromatic rings. The predicted molar refractivity (Wildman–Crippen MR) is 49.2 cm³/mol. The molecule has 3 rings (SSSR count). The van der Waals surface area contributed by atoms with Crippen molar-refractivity contribution >= 4 is 0 Å². The van der Waals surface area contributed by atoms with E-state index in [1.165, 1.54) is 45.2 Å². The average Bonchev–Trinajstić information content (AvgIpc) is 2.71. The maximum absolute atomic E-state index is 3.71. The van der Waals surface area contributed by atoms with Crippen molar-refractivity contribution in [3.8, 4) is 0 Å². The first kappa shape index (κ1) is 7.34. The molecule has 2 heterocycles. The Morgan fingerprint density at radius 2 is 2.08 bits per heavy atom. The monoisotopic (exact) mass is 166 g/mol. The molecule has 0 aromatic carbocycles. The largest absolute Gasteiger partial charge is 0.311 e. The van der Waals surface area contributed by atoms with Gasteiger partial charge in [-0.15, -0.1) is 0 Å². The van der Waals surface area contributed by atoms with E-state index in [-0.39, 0.29) is 0 Å². The van der Waals surface area contributed by atoms with Crippen molar-refractivity contribution in [2.75, 3.05) is 13.1 Å². The van der Waals surface area contributed by atoms with E-state index in [2.05, 4.69) is 10.2 Å². The van der Waals surface area contributed by atoms with Crippen LogP contribution in [0.25, 0.3) is 0 Å². The third-order valence-corrected chi connectivity index (χ3v) is 3.94. The first-order chi connectivity index (χ1) is 5.95. The summed E-state index contributed by atoms with van der Waals surface area (Å²) >= 11 is 0. The number of hydrogen-bond acceptors (Lipinski definition) is 2. The summed E-state index contributed by atoms with van der Waals surface area (Å²) in [5.74, 6) is 0. The Morgan fingerprint density at radius 3 is 3.08 bits per heavy atom. The molecule has 1 aliphatic carbocycles. The summed E-state index contributed by atoms with van der Waals surface area (Å²) in [6.45, 7) is 2.65. The lowest BCUT2D eigenvalue weighted by Crippen LogP contribution is -2.58. The van der Waals surface area contributed by atoms with E-state index in [1.54, 1.807) is 0 Å². The van der Waals surface area contributed by atoms with E-state index in [9.17, 15) is 0 Å². The van der Waals surface area contributed by atoms with Crippen molar-refractivity contribution in [2.45, 2.75) is 50.2 Å². The van der Waals surface area contributed by atoms with Crippen LogP contribution >= 0.6 is 0 Å². The quantitative estimate of drug-likeness (QED) is 0.577. The smallest absolute Gasteiger partial charge is 0.0252 e. The van der Waals surface area contributed by atoms with Gasteiger partial charge in [-0.1, -0.05) is 6.42 Å². The topological polar surface area (TPSA) is 15.3 Å². The molecule has 0 amide bonds. The second-order valence-corrected chi connectivity index (χ2v) is 4.55. The highest BCUT2D eigenvalue weighted by molar-refractivity contribution is 5.00. The molecule has 2 aliphatic heterocycles. The predicted octanol–water partition coefficient (Wildman–Crippen LogP) is 0.975. The van der Waals surface area contributed by atoms with E-state index >= 15 is 0 Å². The second kappa shape index (κ2) is 2.71. The van der Waals surface area contributed by atoms with Gasteiger partial charge in [-0.25, -0.2) is 0 Å². The van der Waals surface area contributed by atoms with E-state index in [4.69, 9.17) is 0 Å². The Kier molecular flexibility index (Phi) is 1.66. The average molecular weight is 166 g/mol. The molecule has 0 bridgehead atoms. The molecular formula is C10H18N2. The van der Waals surface area contributed by atoms with Crippen LogP contribution < -0.4 is 5.32 Å². The Morgan fingerprint density at radius 1 is 1.08 bits per heavy atom. The summed E-state index contributed by atoms with van der Waals surface area (Å²) in [5, 5.41) is 3.71. The molecule has 0 radical (unpaired) electrons. The van der Waals surface area contributed by atoms with Crippen LogP contribution in [0.3, 0.4) is 0 Å². The molecule has 3 atom stereocenters. The maximum atomic E-state index is 3.71. The van der Waals surface area contributed by atoms with Gasteiger partial charge in [0.05, 0.1) is 0 Å². The number of nitrogens with zero attached hydrogens (tertiary/aromatic N) is 1. The first-order valence-corrected chi connectivity index (χ1v) is 5.44. The number of fused-ring (bicyclic) bond motifs is 3. The molecule has 3 unspecified atom stereocenters. The van der Waals surface area contributed by atoms with Crippen molar-refractivity contribution in [2.24, 2.45) is 0 Å². The van der Waals surface area contributed by atoms with Gasteiger partial charge in [0, 0.05) is 24.7 Å². The van der Waals surface area contributed by atoms with Gasteiger partial charge in [-0.05, 0) is 32.2 Å². The molecule has 3 fully saturated rings. The molecule has 0 spiro atoms. The summed E-state index contributed by atoms with van der Waals surface area (Å²) in [7, 11) is 0. The molecule has 2 heteroatoms. The zero-order chi connectivity index (χ0) is 7.97.